The molecule has 0 heterocycles. The molecule has 2 rings (SSSR count). The SMILES string of the molecule is COc1ccc(NC(=S)Nc2ccc(Br)cc2C)cc1Cl. The van der Waals surface area contributed by atoms with E-state index in [1.165, 1.54) is 0 Å². The number of methoxy groups -OCH3 is 1. The number of nitrogens with one attached hydrogen (secondary N) is 2. The van der Waals surface area contributed by atoms with E-state index in [-0.39, 0.29) is 0 Å². The number of anilines is 2. The molecule has 0 unspecified atom stereocenters. The fourth-order valence-corrected chi connectivity index (χ4v) is 2.76. The number of ether oxygens (including phenoxy) is 1. The summed E-state index contributed by atoms with van der Waals surface area (Å²) >= 11 is 14.8. The van der Waals surface area contributed by atoms with E-state index in [0.29, 0.717) is 15.9 Å². The Morgan fingerprint density at radius 2 is 1.95 bits per heavy atom. The Bertz CT molecular complexity index is 679. The summed E-state index contributed by atoms with van der Waals surface area (Å²) in [5, 5.41) is 7.29. The average molecular weight is 386 g/mol. The summed E-state index contributed by atoms with van der Waals surface area (Å²) in [6.07, 6.45) is 0. The molecule has 2 aromatic rings. The van der Waals surface area contributed by atoms with Gasteiger partial charge in [-0.3, -0.25) is 0 Å². The van der Waals surface area contributed by atoms with Crippen LogP contribution in [0.4, 0.5) is 11.4 Å². The Morgan fingerprint density at radius 1 is 1.19 bits per heavy atom. The van der Waals surface area contributed by atoms with Gasteiger partial charge in [0.1, 0.15) is 5.75 Å². The third-order valence-corrected chi connectivity index (χ3v) is 3.84. The van der Waals surface area contributed by atoms with Crippen molar-refractivity contribution in [3.63, 3.8) is 0 Å². The topological polar surface area (TPSA) is 33.3 Å². The van der Waals surface area contributed by atoms with E-state index >= 15 is 0 Å². The first-order valence-corrected chi connectivity index (χ1v) is 7.75. The molecule has 0 aliphatic heterocycles. The molecule has 110 valence electrons. The second kappa shape index (κ2) is 7.11. The molecule has 6 heteroatoms. The first kappa shape index (κ1) is 16.1. The maximum absolute atomic E-state index is 6.08. The van der Waals surface area contributed by atoms with E-state index in [4.69, 9.17) is 28.6 Å². The zero-order valence-corrected chi connectivity index (χ0v) is 14.7. The van der Waals surface area contributed by atoms with Crippen LogP contribution in [-0.2, 0) is 0 Å². The molecule has 0 radical (unpaired) electrons. The number of aryl methyl sites for hydroxylation is 1. The van der Waals surface area contributed by atoms with Gasteiger partial charge in [-0.1, -0.05) is 27.5 Å². The van der Waals surface area contributed by atoms with E-state index in [1.807, 2.05) is 31.2 Å². The molecule has 2 N–H and O–H groups in total. The third-order valence-electron chi connectivity index (χ3n) is 2.85. The van der Waals surface area contributed by atoms with Crippen molar-refractivity contribution in [3.8, 4) is 5.75 Å². The lowest BCUT2D eigenvalue weighted by molar-refractivity contribution is 0.415. The number of thiocarbonyl (C=S) groups is 1. The largest absolute Gasteiger partial charge is 0.495 e. The highest BCUT2D eigenvalue weighted by atomic mass is 79.9. The van der Waals surface area contributed by atoms with Crippen molar-refractivity contribution in [2.75, 3.05) is 17.7 Å². The fraction of sp³-hybridized carbons (Fsp3) is 0.133. The number of rotatable bonds is 3. The van der Waals surface area contributed by atoms with Crippen LogP contribution in [0.15, 0.2) is 40.9 Å². The summed E-state index contributed by atoms with van der Waals surface area (Å²) in [6.45, 7) is 2.01. The van der Waals surface area contributed by atoms with Gasteiger partial charge < -0.3 is 15.4 Å². The predicted molar refractivity (Wildman–Crippen MR) is 96.7 cm³/mol. The first-order valence-electron chi connectivity index (χ1n) is 6.17. The van der Waals surface area contributed by atoms with Crippen LogP contribution < -0.4 is 15.4 Å². The third kappa shape index (κ3) is 4.33. The fourth-order valence-electron chi connectivity index (χ4n) is 1.80. The normalized spacial score (nSPS) is 10.1. The molecule has 0 saturated carbocycles. The standard InChI is InChI=1S/C15H14BrClN2OS/c1-9-7-10(16)3-5-13(9)19-15(21)18-11-4-6-14(20-2)12(17)8-11/h3-8H,1-2H3,(H2,18,19,21). The van der Waals surface area contributed by atoms with Gasteiger partial charge in [-0.2, -0.15) is 0 Å². The van der Waals surface area contributed by atoms with E-state index in [0.717, 1.165) is 21.4 Å². The van der Waals surface area contributed by atoms with Crippen LogP contribution in [0.5, 0.6) is 5.75 Å². The lowest BCUT2D eigenvalue weighted by atomic mass is 10.2. The molecule has 2 aromatic carbocycles. The minimum absolute atomic E-state index is 0.502. The minimum atomic E-state index is 0.502. The summed E-state index contributed by atoms with van der Waals surface area (Å²) < 4.78 is 6.15. The van der Waals surface area contributed by atoms with Gasteiger partial charge in [0.15, 0.2) is 5.11 Å². The van der Waals surface area contributed by atoms with E-state index in [2.05, 4.69) is 26.6 Å². The summed E-state index contributed by atoms with van der Waals surface area (Å²) in [5.74, 6) is 0.629. The number of benzene rings is 2. The Balaban J connectivity index is 2.06. The molecule has 0 saturated heterocycles. The van der Waals surface area contributed by atoms with Gasteiger partial charge in [0, 0.05) is 15.8 Å². The van der Waals surface area contributed by atoms with Gasteiger partial charge in [0.05, 0.1) is 12.1 Å². The van der Waals surface area contributed by atoms with E-state index < -0.39 is 0 Å². The molecule has 0 aliphatic rings. The Hall–Kier alpha value is -1.30. The first-order chi connectivity index (χ1) is 9.99. The zero-order chi connectivity index (χ0) is 15.4. The van der Waals surface area contributed by atoms with Crippen LogP contribution in [-0.4, -0.2) is 12.2 Å². The molecule has 0 bridgehead atoms. The van der Waals surface area contributed by atoms with Crippen molar-refractivity contribution in [1.82, 2.24) is 0 Å². The highest BCUT2D eigenvalue weighted by Gasteiger charge is 2.05. The second-order valence-electron chi connectivity index (χ2n) is 4.39. The molecule has 0 aromatic heterocycles. The van der Waals surface area contributed by atoms with Crippen LogP contribution in [0.25, 0.3) is 0 Å². The molecule has 0 aliphatic carbocycles. The monoisotopic (exact) mass is 384 g/mol. The van der Waals surface area contributed by atoms with Gasteiger partial charge in [0.2, 0.25) is 0 Å². The van der Waals surface area contributed by atoms with Crippen LogP contribution in [0.2, 0.25) is 5.02 Å². The van der Waals surface area contributed by atoms with Crippen LogP contribution in [0.3, 0.4) is 0 Å². The Kier molecular flexibility index (Phi) is 5.45. The molecular formula is C15H14BrClN2OS. The van der Waals surface area contributed by atoms with Crippen molar-refractivity contribution in [2.45, 2.75) is 6.92 Å². The summed E-state index contributed by atoms with van der Waals surface area (Å²) in [6, 6.07) is 11.4. The van der Waals surface area contributed by atoms with Gasteiger partial charge in [0.25, 0.3) is 0 Å². The van der Waals surface area contributed by atoms with E-state index in [9.17, 15) is 0 Å². The maximum Gasteiger partial charge on any atom is 0.175 e. The van der Waals surface area contributed by atoms with E-state index in [1.54, 1.807) is 19.2 Å². The smallest absolute Gasteiger partial charge is 0.175 e. The van der Waals surface area contributed by atoms with Crippen molar-refractivity contribution in [2.24, 2.45) is 0 Å². The number of hydrogen-bond donors (Lipinski definition) is 2. The highest BCUT2D eigenvalue weighted by Crippen LogP contribution is 2.27. The molecule has 0 spiro atoms. The number of hydrogen-bond acceptors (Lipinski definition) is 2. The number of halogens is 2. The molecular weight excluding hydrogens is 372 g/mol. The predicted octanol–water partition coefficient (Wildman–Crippen LogP) is 5.23. The summed E-state index contributed by atoms with van der Waals surface area (Å²) in [5.41, 5.74) is 2.85. The molecule has 0 atom stereocenters. The zero-order valence-electron chi connectivity index (χ0n) is 11.5. The van der Waals surface area contributed by atoms with Gasteiger partial charge in [-0.25, -0.2) is 0 Å². The summed E-state index contributed by atoms with van der Waals surface area (Å²) in [7, 11) is 1.58. The highest BCUT2D eigenvalue weighted by molar-refractivity contribution is 9.10. The maximum atomic E-state index is 6.08. The molecule has 3 nitrogen and oxygen atoms in total. The quantitative estimate of drug-likeness (QED) is 0.709. The summed E-state index contributed by atoms with van der Waals surface area (Å²) in [4.78, 5) is 0. The van der Waals surface area contributed by atoms with Crippen LogP contribution >= 0.6 is 39.7 Å². The van der Waals surface area contributed by atoms with Gasteiger partial charge in [-0.15, -0.1) is 0 Å². The lowest BCUT2D eigenvalue weighted by Gasteiger charge is -2.13. The Labute approximate surface area is 142 Å². The van der Waals surface area contributed by atoms with Gasteiger partial charge in [-0.05, 0) is 61.1 Å². The Morgan fingerprint density at radius 3 is 2.57 bits per heavy atom. The molecule has 21 heavy (non-hydrogen) atoms. The lowest BCUT2D eigenvalue weighted by Crippen LogP contribution is -2.19. The van der Waals surface area contributed by atoms with Crippen LogP contribution in [0, 0.1) is 6.92 Å². The average Bonchev–Trinajstić information content (AvgIpc) is 2.42. The van der Waals surface area contributed by atoms with Crippen molar-refractivity contribution < 1.29 is 4.74 Å². The van der Waals surface area contributed by atoms with Crippen molar-refractivity contribution in [3.05, 3.63) is 51.5 Å². The van der Waals surface area contributed by atoms with Crippen LogP contribution in [0.1, 0.15) is 5.56 Å². The van der Waals surface area contributed by atoms with Crippen molar-refractivity contribution >= 4 is 56.2 Å². The second-order valence-corrected chi connectivity index (χ2v) is 6.12. The van der Waals surface area contributed by atoms with Crippen molar-refractivity contribution in [1.29, 1.82) is 0 Å². The van der Waals surface area contributed by atoms with Gasteiger partial charge >= 0.3 is 0 Å². The molecule has 0 amide bonds. The molecule has 0 fully saturated rings. The minimum Gasteiger partial charge on any atom is -0.495 e.